The molecule has 0 aliphatic rings. The number of carbonyl (C=O) groups is 1. The van der Waals surface area contributed by atoms with Crippen LogP contribution < -0.4 is 10.1 Å². The van der Waals surface area contributed by atoms with Crippen molar-refractivity contribution in [1.29, 1.82) is 0 Å². The lowest BCUT2D eigenvalue weighted by Crippen LogP contribution is -2.17. The number of ether oxygens (including phenoxy) is 1. The summed E-state index contributed by atoms with van der Waals surface area (Å²) in [5.74, 6) is 1.87. The van der Waals surface area contributed by atoms with Gasteiger partial charge in [-0.2, -0.15) is 0 Å². The zero-order chi connectivity index (χ0) is 29.1. The molecule has 0 saturated carbocycles. The normalized spacial score (nSPS) is 11.5. The molecule has 220 valence electrons. The van der Waals surface area contributed by atoms with Gasteiger partial charge in [0.25, 0.3) is 0 Å². The smallest absolute Gasteiger partial charge is 0.119 e. The molecule has 0 saturated heterocycles. The van der Waals surface area contributed by atoms with Gasteiger partial charge >= 0.3 is 0 Å². The molecule has 2 aromatic carbocycles. The molecular weight excluding hydrogens is 480 g/mol. The molecule has 0 fully saturated rings. The Morgan fingerprint density at radius 1 is 0.974 bits per heavy atom. The molecule has 0 aliphatic carbocycles. The molecule has 39 heavy (non-hydrogen) atoms. The fraction of sp³-hybridized carbons (Fsp3) is 0.600. The fourth-order valence-corrected chi connectivity index (χ4v) is 3.97. The topological polar surface area (TPSA) is 50.7 Å². The van der Waals surface area contributed by atoms with Gasteiger partial charge in [0, 0.05) is 5.71 Å². The summed E-state index contributed by atoms with van der Waals surface area (Å²) in [5.41, 5.74) is 5.06. The van der Waals surface area contributed by atoms with Gasteiger partial charge in [-0.15, -0.1) is 0 Å². The Morgan fingerprint density at radius 2 is 1.67 bits per heavy atom. The second-order valence-corrected chi connectivity index (χ2v) is 10.3. The number of para-hydroxylation sites is 1. The van der Waals surface area contributed by atoms with Crippen LogP contribution in [0.25, 0.3) is 0 Å². The highest BCUT2D eigenvalue weighted by Gasteiger charge is 2.01. The number of aldehydes is 1. The molecule has 4 heteroatoms. The van der Waals surface area contributed by atoms with Gasteiger partial charge in [-0.3, -0.25) is 4.99 Å². The van der Waals surface area contributed by atoms with Crippen LogP contribution in [-0.4, -0.2) is 31.7 Å². The number of hydrogen-bond acceptors (Lipinski definition) is 4. The predicted molar refractivity (Wildman–Crippen MR) is 172 cm³/mol. The Hall–Kier alpha value is -2.46. The molecule has 0 aliphatic heterocycles. The van der Waals surface area contributed by atoms with Crippen molar-refractivity contribution >= 4 is 17.7 Å². The number of nitrogens with one attached hydrogen (secondary N) is 1. The van der Waals surface area contributed by atoms with Crippen molar-refractivity contribution in [2.24, 2.45) is 10.9 Å². The van der Waals surface area contributed by atoms with E-state index in [-0.39, 0.29) is 0 Å². The first-order chi connectivity index (χ1) is 18.9. The molecule has 0 aromatic heterocycles. The quantitative estimate of drug-likeness (QED) is 0.124. The van der Waals surface area contributed by atoms with Crippen molar-refractivity contribution in [3.63, 3.8) is 0 Å². The van der Waals surface area contributed by atoms with E-state index in [1.165, 1.54) is 75.4 Å². The summed E-state index contributed by atoms with van der Waals surface area (Å²) in [6.45, 7) is 17.9. The fourth-order valence-electron chi connectivity index (χ4n) is 3.97. The van der Waals surface area contributed by atoms with Gasteiger partial charge in [-0.25, -0.2) is 0 Å². The minimum atomic E-state index is 0.750. The number of aryl methyl sites for hydroxylation is 2. The Balaban J connectivity index is 0.000000928. The summed E-state index contributed by atoms with van der Waals surface area (Å²) < 4.78 is 5.74. The van der Waals surface area contributed by atoms with Crippen LogP contribution in [0, 0.1) is 12.8 Å². The Labute approximate surface area is 241 Å². The zero-order valence-electron chi connectivity index (χ0n) is 26.2. The van der Waals surface area contributed by atoms with Gasteiger partial charge in [0.15, 0.2) is 0 Å². The number of aliphatic imine (C=N–C) groups is 1. The van der Waals surface area contributed by atoms with Crippen molar-refractivity contribution in [3.8, 4) is 5.75 Å². The van der Waals surface area contributed by atoms with Crippen molar-refractivity contribution in [2.75, 3.05) is 19.7 Å². The number of rotatable bonds is 17. The highest BCUT2D eigenvalue weighted by Crippen LogP contribution is 2.22. The van der Waals surface area contributed by atoms with E-state index in [1.54, 1.807) is 0 Å². The van der Waals surface area contributed by atoms with Crippen molar-refractivity contribution in [1.82, 2.24) is 5.32 Å². The van der Waals surface area contributed by atoms with E-state index >= 15 is 0 Å². The average molecular weight is 539 g/mol. The minimum Gasteiger partial charge on any atom is -0.494 e. The van der Waals surface area contributed by atoms with Crippen molar-refractivity contribution in [3.05, 3.63) is 59.7 Å². The van der Waals surface area contributed by atoms with Crippen molar-refractivity contribution in [2.45, 2.75) is 113 Å². The van der Waals surface area contributed by atoms with Gasteiger partial charge in [0.05, 0.1) is 12.3 Å². The first-order valence-corrected chi connectivity index (χ1v) is 15.3. The molecular formula is C35H58N2O2. The molecule has 2 aromatic rings. The standard InChI is InChI=1S/C24H33NO.C9H21N.C2H4O/c1-4-12-21(3)25-24-17-16-22(19-20(24)2)13-8-5-6-11-18-26-23-14-9-7-10-15-23;1-4-7-10-8-6-9(3)5-2;1-2-3/h7,9-10,14-17,19H,4-6,8,11-13,18H2,1-3H3;9-10H,4-8H2,1-3H3;2H,1H3. The van der Waals surface area contributed by atoms with E-state index in [0.29, 0.717) is 0 Å². The third-order valence-electron chi connectivity index (χ3n) is 6.49. The zero-order valence-corrected chi connectivity index (χ0v) is 26.2. The number of unbranched alkanes of at least 4 members (excludes halogenated alkanes) is 3. The molecule has 2 rings (SSSR count). The average Bonchev–Trinajstić information content (AvgIpc) is 2.93. The molecule has 0 bridgehead atoms. The summed E-state index contributed by atoms with van der Waals surface area (Å²) in [4.78, 5) is 13.6. The second kappa shape index (κ2) is 25.8. The van der Waals surface area contributed by atoms with Gasteiger partial charge in [-0.05, 0) is 108 Å². The lowest BCUT2D eigenvalue weighted by molar-refractivity contribution is -0.106. The maximum absolute atomic E-state index is 8.81. The maximum atomic E-state index is 8.81. The van der Waals surface area contributed by atoms with E-state index in [0.717, 1.165) is 55.9 Å². The molecule has 1 atom stereocenters. The number of nitrogens with zero attached hydrogens (tertiary/aromatic N) is 1. The Bertz CT molecular complexity index is 864. The second-order valence-electron chi connectivity index (χ2n) is 10.3. The molecule has 1 N–H and O–H groups in total. The van der Waals surface area contributed by atoms with Crippen molar-refractivity contribution < 1.29 is 9.53 Å². The van der Waals surface area contributed by atoms with E-state index in [1.807, 2.05) is 30.3 Å². The molecule has 0 spiro atoms. The highest BCUT2D eigenvalue weighted by atomic mass is 16.5. The van der Waals surface area contributed by atoms with Crippen LogP contribution in [-0.2, 0) is 11.2 Å². The summed E-state index contributed by atoms with van der Waals surface area (Å²) in [6.07, 6.45) is 12.9. The van der Waals surface area contributed by atoms with Crippen LogP contribution in [0.3, 0.4) is 0 Å². The molecule has 4 nitrogen and oxygen atoms in total. The lowest BCUT2D eigenvalue weighted by Gasteiger charge is -2.08. The SMILES string of the molecule is CC=O.CCCC(C)=Nc1ccc(CCCCCCOc2ccccc2)cc1C.CCCNCCC(C)CC. The molecule has 0 amide bonds. The van der Waals surface area contributed by atoms with E-state index < -0.39 is 0 Å². The summed E-state index contributed by atoms with van der Waals surface area (Å²) in [6, 6.07) is 16.8. The predicted octanol–water partition coefficient (Wildman–Crippen LogP) is 9.70. The van der Waals surface area contributed by atoms with E-state index in [9.17, 15) is 0 Å². The lowest BCUT2D eigenvalue weighted by atomic mass is 10.0. The Kier molecular flexibility index (Phi) is 24.2. The highest BCUT2D eigenvalue weighted by molar-refractivity contribution is 5.84. The van der Waals surface area contributed by atoms with Crippen LogP contribution in [0.5, 0.6) is 5.75 Å². The number of carbonyl (C=O) groups excluding carboxylic acids is 1. The van der Waals surface area contributed by atoms with Crippen LogP contribution in [0.15, 0.2) is 53.5 Å². The first kappa shape index (κ1) is 36.5. The van der Waals surface area contributed by atoms with Crippen LogP contribution in [0.2, 0.25) is 0 Å². The third-order valence-corrected chi connectivity index (χ3v) is 6.49. The van der Waals surface area contributed by atoms with E-state index in [2.05, 4.69) is 65.1 Å². The van der Waals surface area contributed by atoms with Gasteiger partial charge in [0.2, 0.25) is 0 Å². The monoisotopic (exact) mass is 538 g/mol. The third kappa shape index (κ3) is 21.1. The summed E-state index contributed by atoms with van der Waals surface area (Å²) in [5, 5.41) is 3.40. The van der Waals surface area contributed by atoms with E-state index in [4.69, 9.17) is 14.5 Å². The molecule has 1 unspecified atom stereocenters. The maximum Gasteiger partial charge on any atom is 0.119 e. The largest absolute Gasteiger partial charge is 0.494 e. The minimum absolute atomic E-state index is 0.750. The van der Waals surface area contributed by atoms with Crippen LogP contribution in [0.4, 0.5) is 5.69 Å². The van der Waals surface area contributed by atoms with Crippen LogP contribution >= 0.6 is 0 Å². The first-order valence-electron chi connectivity index (χ1n) is 15.3. The van der Waals surface area contributed by atoms with Gasteiger partial charge < -0.3 is 14.8 Å². The number of benzene rings is 2. The Morgan fingerprint density at radius 3 is 2.28 bits per heavy atom. The number of hydrogen-bond donors (Lipinski definition) is 1. The molecule has 0 heterocycles. The van der Waals surface area contributed by atoms with Gasteiger partial charge in [-0.1, -0.05) is 83.7 Å². The summed E-state index contributed by atoms with van der Waals surface area (Å²) >= 11 is 0. The summed E-state index contributed by atoms with van der Waals surface area (Å²) in [7, 11) is 0. The molecule has 0 radical (unpaired) electrons. The van der Waals surface area contributed by atoms with Crippen LogP contribution in [0.1, 0.15) is 110 Å². The van der Waals surface area contributed by atoms with Gasteiger partial charge in [0.1, 0.15) is 12.0 Å².